The molecule has 182 valence electrons. The summed E-state index contributed by atoms with van der Waals surface area (Å²) in [7, 11) is 0. The standard InChI is InChI=1S/C29H29FO5/c1-21(2)28(31)34-20-6-4-3-5-19-33-26-15-11-24(12-16-26)29(32)35-27-17-9-23(10-18-27)22-7-13-25(30)14-8-22/h7-18H,1,3-6,19-20H2,2H3. The topological polar surface area (TPSA) is 61.8 Å². The van der Waals surface area contributed by atoms with Crippen LogP contribution in [-0.4, -0.2) is 25.2 Å². The number of carbonyl (C=O) groups is 2. The molecule has 3 aromatic rings. The van der Waals surface area contributed by atoms with Crippen molar-refractivity contribution < 1.29 is 28.2 Å². The van der Waals surface area contributed by atoms with Crippen molar-refractivity contribution in [1.82, 2.24) is 0 Å². The second-order valence-corrected chi connectivity index (χ2v) is 8.12. The maximum Gasteiger partial charge on any atom is 0.343 e. The molecule has 0 heterocycles. The van der Waals surface area contributed by atoms with Gasteiger partial charge in [0.1, 0.15) is 17.3 Å². The fourth-order valence-corrected chi connectivity index (χ4v) is 3.25. The first-order valence-corrected chi connectivity index (χ1v) is 11.6. The summed E-state index contributed by atoms with van der Waals surface area (Å²) in [4.78, 5) is 23.7. The molecule has 0 amide bonds. The molecule has 0 spiro atoms. The van der Waals surface area contributed by atoms with E-state index < -0.39 is 5.97 Å². The molecule has 0 radical (unpaired) electrons. The van der Waals surface area contributed by atoms with E-state index in [1.165, 1.54) is 12.1 Å². The average Bonchev–Trinajstić information content (AvgIpc) is 2.86. The summed E-state index contributed by atoms with van der Waals surface area (Å²) in [5.74, 6) is 0.0153. The molecule has 35 heavy (non-hydrogen) atoms. The highest BCUT2D eigenvalue weighted by atomic mass is 19.1. The van der Waals surface area contributed by atoms with Gasteiger partial charge in [-0.1, -0.05) is 30.8 Å². The van der Waals surface area contributed by atoms with Crippen molar-refractivity contribution in [3.8, 4) is 22.6 Å². The monoisotopic (exact) mass is 476 g/mol. The van der Waals surface area contributed by atoms with E-state index in [0.717, 1.165) is 36.8 Å². The first-order valence-electron chi connectivity index (χ1n) is 11.6. The molecule has 0 saturated carbocycles. The van der Waals surface area contributed by atoms with Gasteiger partial charge in [0.05, 0.1) is 18.8 Å². The molecular formula is C29H29FO5. The van der Waals surface area contributed by atoms with Gasteiger partial charge in [0.2, 0.25) is 0 Å². The molecule has 0 unspecified atom stereocenters. The fraction of sp³-hybridized carbons (Fsp3) is 0.241. The lowest BCUT2D eigenvalue weighted by molar-refractivity contribution is -0.139. The fourth-order valence-electron chi connectivity index (χ4n) is 3.25. The predicted molar refractivity (Wildman–Crippen MR) is 133 cm³/mol. The minimum atomic E-state index is -0.460. The summed E-state index contributed by atoms with van der Waals surface area (Å²) in [6.07, 6.45) is 3.61. The van der Waals surface area contributed by atoms with Gasteiger partial charge in [-0.15, -0.1) is 0 Å². The Kier molecular flexibility index (Phi) is 9.60. The maximum atomic E-state index is 13.1. The lowest BCUT2D eigenvalue weighted by Gasteiger charge is -2.08. The molecule has 0 aliphatic rings. The number of hydrogen-bond donors (Lipinski definition) is 0. The van der Waals surface area contributed by atoms with E-state index in [0.29, 0.717) is 35.8 Å². The molecular weight excluding hydrogens is 447 g/mol. The van der Waals surface area contributed by atoms with Gasteiger partial charge in [-0.2, -0.15) is 0 Å². The second kappa shape index (κ2) is 13.1. The van der Waals surface area contributed by atoms with Crippen molar-refractivity contribution in [3.63, 3.8) is 0 Å². The van der Waals surface area contributed by atoms with Crippen LogP contribution in [0, 0.1) is 5.82 Å². The van der Waals surface area contributed by atoms with Crippen molar-refractivity contribution in [2.75, 3.05) is 13.2 Å². The molecule has 3 rings (SSSR count). The minimum Gasteiger partial charge on any atom is -0.494 e. The number of carbonyl (C=O) groups excluding carboxylic acids is 2. The Balaban J connectivity index is 1.37. The first kappa shape index (κ1) is 25.7. The Morgan fingerprint density at radius 1 is 0.743 bits per heavy atom. The highest BCUT2D eigenvalue weighted by Gasteiger charge is 2.09. The second-order valence-electron chi connectivity index (χ2n) is 8.12. The van der Waals surface area contributed by atoms with Gasteiger partial charge >= 0.3 is 11.9 Å². The number of halogens is 1. The number of benzene rings is 3. The normalized spacial score (nSPS) is 10.5. The number of rotatable bonds is 12. The van der Waals surface area contributed by atoms with Gasteiger partial charge in [0.25, 0.3) is 0 Å². The van der Waals surface area contributed by atoms with Crippen LogP contribution in [0.25, 0.3) is 11.1 Å². The van der Waals surface area contributed by atoms with Crippen molar-refractivity contribution in [1.29, 1.82) is 0 Å². The summed E-state index contributed by atoms with van der Waals surface area (Å²) in [5, 5.41) is 0. The van der Waals surface area contributed by atoms with E-state index in [1.54, 1.807) is 55.5 Å². The molecule has 0 aromatic heterocycles. The zero-order chi connectivity index (χ0) is 25.0. The summed E-state index contributed by atoms with van der Waals surface area (Å²) >= 11 is 0. The van der Waals surface area contributed by atoms with Crippen LogP contribution in [0.1, 0.15) is 43.0 Å². The predicted octanol–water partition coefficient (Wildman–Crippen LogP) is 6.77. The molecule has 5 nitrogen and oxygen atoms in total. The van der Waals surface area contributed by atoms with Gasteiger partial charge < -0.3 is 14.2 Å². The summed E-state index contributed by atoms with van der Waals surface area (Å²) in [6.45, 7) is 6.15. The summed E-state index contributed by atoms with van der Waals surface area (Å²) in [5.41, 5.74) is 2.61. The van der Waals surface area contributed by atoms with Crippen molar-refractivity contribution in [3.05, 3.63) is 96.3 Å². The molecule has 0 bridgehead atoms. The van der Waals surface area contributed by atoms with E-state index in [1.807, 2.05) is 12.1 Å². The SMILES string of the molecule is C=C(C)C(=O)OCCCCCCOc1ccc(C(=O)Oc2ccc(-c3ccc(F)cc3)cc2)cc1. The molecule has 0 aliphatic carbocycles. The Morgan fingerprint density at radius 3 is 1.89 bits per heavy atom. The molecule has 0 N–H and O–H groups in total. The highest BCUT2D eigenvalue weighted by Crippen LogP contribution is 2.23. The summed E-state index contributed by atoms with van der Waals surface area (Å²) in [6, 6.07) is 20.1. The van der Waals surface area contributed by atoms with Crippen LogP contribution in [-0.2, 0) is 9.53 Å². The highest BCUT2D eigenvalue weighted by molar-refractivity contribution is 5.91. The first-order chi connectivity index (χ1) is 16.9. The van der Waals surface area contributed by atoms with Crippen LogP contribution in [0.4, 0.5) is 4.39 Å². The van der Waals surface area contributed by atoms with E-state index in [2.05, 4.69) is 6.58 Å². The molecule has 0 saturated heterocycles. The molecule has 0 atom stereocenters. The van der Waals surface area contributed by atoms with Crippen molar-refractivity contribution in [2.24, 2.45) is 0 Å². The Bertz CT molecular complexity index is 1120. The largest absolute Gasteiger partial charge is 0.494 e. The van der Waals surface area contributed by atoms with Crippen molar-refractivity contribution >= 4 is 11.9 Å². The zero-order valence-electron chi connectivity index (χ0n) is 19.8. The van der Waals surface area contributed by atoms with E-state index in [-0.39, 0.29) is 11.8 Å². The van der Waals surface area contributed by atoms with Gasteiger partial charge in [0.15, 0.2) is 0 Å². The quantitative estimate of drug-likeness (QED) is 0.125. The van der Waals surface area contributed by atoms with Crippen LogP contribution in [0.5, 0.6) is 11.5 Å². The number of hydrogen-bond acceptors (Lipinski definition) is 5. The van der Waals surface area contributed by atoms with Crippen LogP contribution >= 0.6 is 0 Å². The Hall–Kier alpha value is -3.93. The average molecular weight is 477 g/mol. The third kappa shape index (κ3) is 8.41. The minimum absolute atomic E-state index is 0.286. The molecule has 3 aromatic carbocycles. The van der Waals surface area contributed by atoms with Crippen LogP contribution in [0.2, 0.25) is 0 Å². The van der Waals surface area contributed by atoms with E-state index in [9.17, 15) is 14.0 Å². The third-order valence-corrected chi connectivity index (χ3v) is 5.22. The molecule has 6 heteroatoms. The Morgan fingerprint density at radius 2 is 1.29 bits per heavy atom. The van der Waals surface area contributed by atoms with Gasteiger partial charge in [-0.25, -0.2) is 14.0 Å². The van der Waals surface area contributed by atoms with Crippen LogP contribution in [0.3, 0.4) is 0 Å². The number of unbranched alkanes of at least 4 members (excludes halogenated alkanes) is 3. The number of ether oxygens (including phenoxy) is 3. The van der Waals surface area contributed by atoms with Crippen LogP contribution in [0.15, 0.2) is 84.9 Å². The van der Waals surface area contributed by atoms with E-state index >= 15 is 0 Å². The summed E-state index contributed by atoms with van der Waals surface area (Å²) < 4.78 is 29.3. The smallest absolute Gasteiger partial charge is 0.343 e. The Labute approximate surface area is 205 Å². The van der Waals surface area contributed by atoms with Gasteiger partial charge in [-0.3, -0.25) is 0 Å². The number of esters is 2. The van der Waals surface area contributed by atoms with Gasteiger partial charge in [0, 0.05) is 5.57 Å². The molecule has 0 fully saturated rings. The van der Waals surface area contributed by atoms with Crippen LogP contribution < -0.4 is 9.47 Å². The lowest BCUT2D eigenvalue weighted by atomic mass is 10.1. The van der Waals surface area contributed by atoms with Gasteiger partial charge in [-0.05, 0) is 92.3 Å². The van der Waals surface area contributed by atoms with E-state index in [4.69, 9.17) is 14.2 Å². The molecule has 0 aliphatic heterocycles. The lowest BCUT2D eigenvalue weighted by Crippen LogP contribution is -2.08. The zero-order valence-corrected chi connectivity index (χ0v) is 19.8. The van der Waals surface area contributed by atoms with Crippen molar-refractivity contribution in [2.45, 2.75) is 32.6 Å². The third-order valence-electron chi connectivity index (χ3n) is 5.22. The maximum absolute atomic E-state index is 13.1.